The van der Waals surface area contributed by atoms with Gasteiger partial charge in [0.25, 0.3) is 0 Å². The van der Waals surface area contributed by atoms with Crippen molar-refractivity contribution in [2.45, 2.75) is 6.18 Å². The van der Waals surface area contributed by atoms with Crippen LogP contribution < -0.4 is 5.32 Å². The molecule has 0 unspecified atom stereocenters. The number of rotatable bonds is 2. The van der Waals surface area contributed by atoms with Gasteiger partial charge in [0.1, 0.15) is 0 Å². The van der Waals surface area contributed by atoms with Gasteiger partial charge in [0.05, 0.1) is 5.92 Å². The fraction of sp³-hybridized carbons (Fsp3) is 1.00. The standard InChI is InChI=1S/C6H9F3N4/c7-6(8,9)5-3-11-1-4(5)2-12-13-10/h4-5,11H,1-3H2/t4-,5+/m0/s1. The van der Waals surface area contributed by atoms with Crippen LogP contribution in [0.1, 0.15) is 0 Å². The van der Waals surface area contributed by atoms with E-state index in [9.17, 15) is 13.2 Å². The molecule has 1 aliphatic rings. The first-order valence-electron chi connectivity index (χ1n) is 3.84. The van der Waals surface area contributed by atoms with Crippen LogP contribution in [0.5, 0.6) is 0 Å². The molecule has 7 heteroatoms. The van der Waals surface area contributed by atoms with Crippen molar-refractivity contribution in [1.82, 2.24) is 5.32 Å². The summed E-state index contributed by atoms with van der Waals surface area (Å²) in [5.74, 6) is -1.99. The Labute approximate surface area is 72.7 Å². The highest BCUT2D eigenvalue weighted by Crippen LogP contribution is 2.34. The van der Waals surface area contributed by atoms with Crippen LogP contribution in [0.2, 0.25) is 0 Å². The van der Waals surface area contributed by atoms with Gasteiger partial charge in [-0.2, -0.15) is 13.2 Å². The van der Waals surface area contributed by atoms with Crippen molar-refractivity contribution in [2.24, 2.45) is 17.0 Å². The highest BCUT2D eigenvalue weighted by atomic mass is 19.4. The van der Waals surface area contributed by atoms with Gasteiger partial charge in [-0.25, -0.2) is 0 Å². The normalized spacial score (nSPS) is 28.5. The maximum atomic E-state index is 12.3. The molecule has 74 valence electrons. The fourth-order valence-electron chi connectivity index (χ4n) is 1.45. The smallest absolute Gasteiger partial charge is 0.316 e. The van der Waals surface area contributed by atoms with Crippen molar-refractivity contribution in [1.29, 1.82) is 0 Å². The molecule has 1 N–H and O–H groups in total. The first-order valence-corrected chi connectivity index (χ1v) is 3.84. The summed E-state index contributed by atoms with van der Waals surface area (Å²) in [6.07, 6.45) is -4.20. The quantitative estimate of drug-likeness (QED) is 0.406. The second-order valence-corrected chi connectivity index (χ2v) is 2.98. The Hall–Kier alpha value is -0.940. The third-order valence-electron chi connectivity index (χ3n) is 2.14. The summed E-state index contributed by atoms with van der Waals surface area (Å²) in [5, 5.41) is 5.79. The molecule has 1 aliphatic heterocycles. The van der Waals surface area contributed by atoms with Crippen LogP contribution in [0.3, 0.4) is 0 Å². The molecular formula is C6H9F3N4. The van der Waals surface area contributed by atoms with Crippen LogP contribution in [0.15, 0.2) is 5.11 Å². The average Bonchev–Trinajstić information content (AvgIpc) is 2.47. The predicted molar refractivity (Wildman–Crippen MR) is 39.9 cm³/mol. The Morgan fingerprint density at radius 2 is 2.15 bits per heavy atom. The Bertz CT molecular complexity index is 220. The summed E-state index contributed by atoms with van der Waals surface area (Å²) in [7, 11) is 0. The van der Waals surface area contributed by atoms with Gasteiger partial charge in [-0.1, -0.05) is 5.11 Å². The minimum Gasteiger partial charge on any atom is -0.316 e. The summed E-state index contributed by atoms with van der Waals surface area (Å²) in [4.78, 5) is 2.45. The van der Waals surface area contributed by atoms with Crippen LogP contribution in [0.25, 0.3) is 10.4 Å². The van der Waals surface area contributed by atoms with E-state index in [0.717, 1.165) is 0 Å². The fourth-order valence-corrected chi connectivity index (χ4v) is 1.45. The van der Waals surface area contributed by atoms with E-state index in [-0.39, 0.29) is 19.6 Å². The molecule has 1 saturated heterocycles. The molecule has 0 aliphatic carbocycles. The Morgan fingerprint density at radius 3 is 2.69 bits per heavy atom. The molecule has 0 spiro atoms. The maximum absolute atomic E-state index is 12.3. The molecule has 0 radical (unpaired) electrons. The molecule has 2 atom stereocenters. The van der Waals surface area contributed by atoms with Crippen molar-refractivity contribution in [2.75, 3.05) is 19.6 Å². The second kappa shape index (κ2) is 3.85. The summed E-state index contributed by atoms with van der Waals surface area (Å²) in [5.41, 5.74) is 7.97. The van der Waals surface area contributed by atoms with Gasteiger partial charge in [-0.05, 0) is 18.0 Å². The number of hydrogen-bond donors (Lipinski definition) is 1. The number of azide groups is 1. The molecule has 0 aromatic carbocycles. The van der Waals surface area contributed by atoms with Crippen molar-refractivity contribution < 1.29 is 13.2 Å². The second-order valence-electron chi connectivity index (χ2n) is 2.98. The minimum atomic E-state index is -4.20. The molecule has 1 rings (SSSR count). The third-order valence-corrected chi connectivity index (χ3v) is 2.14. The number of alkyl halides is 3. The van der Waals surface area contributed by atoms with Crippen molar-refractivity contribution >= 4 is 0 Å². The molecule has 1 heterocycles. The van der Waals surface area contributed by atoms with E-state index in [1.807, 2.05) is 0 Å². The monoisotopic (exact) mass is 194 g/mol. The van der Waals surface area contributed by atoms with Crippen LogP contribution in [0.4, 0.5) is 13.2 Å². The summed E-state index contributed by atoms with van der Waals surface area (Å²) >= 11 is 0. The summed E-state index contributed by atoms with van der Waals surface area (Å²) in [6, 6.07) is 0. The highest BCUT2D eigenvalue weighted by Gasteiger charge is 2.46. The SMILES string of the molecule is [N-]=[N+]=NC[C@@H]1CNC[C@H]1C(F)(F)F. The van der Waals surface area contributed by atoms with Crippen LogP contribution in [-0.2, 0) is 0 Å². The van der Waals surface area contributed by atoms with E-state index in [4.69, 9.17) is 5.53 Å². The van der Waals surface area contributed by atoms with Gasteiger partial charge in [-0.3, -0.25) is 0 Å². The molecule has 1 fully saturated rings. The minimum absolute atomic E-state index is 0.0743. The van der Waals surface area contributed by atoms with E-state index in [2.05, 4.69) is 15.3 Å². The van der Waals surface area contributed by atoms with Crippen molar-refractivity contribution in [3.63, 3.8) is 0 Å². The lowest BCUT2D eigenvalue weighted by atomic mass is 9.96. The Kier molecular flexibility index (Phi) is 3.00. The maximum Gasteiger partial charge on any atom is 0.393 e. The van der Waals surface area contributed by atoms with Gasteiger partial charge in [-0.15, -0.1) is 0 Å². The van der Waals surface area contributed by atoms with Crippen molar-refractivity contribution in [3.8, 4) is 0 Å². The molecule has 13 heavy (non-hydrogen) atoms. The van der Waals surface area contributed by atoms with E-state index in [1.54, 1.807) is 0 Å². The van der Waals surface area contributed by atoms with E-state index < -0.39 is 18.0 Å². The Balaban J connectivity index is 2.58. The lowest BCUT2D eigenvalue weighted by Crippen LogP contribution is -2.30. The van der Waals surface area contributed by atoms with Crippen LogP contribution in [-0.4, -0.2) is 25.8 Å². The molecule has 4 nitrogen and oxygen atoms in total. The van der Waals surface area contributed by atoms with E-state index >= 15 is 0 Å². The van der Waals surface area contributed by atoms with E-state index in [0.29, 0.717) is 0 Å². The van der Waals surface area contributed by atoms with Crippen LogP contribution >= 0.6 is 0 Å². The lowest BCUT2D eigenvalue weighted by molar-refractivity contribution is -0.178. The average molecular weight is 194 g/mol. The van der Waals surface area contributed by atoms with Crippen LogP contribution in [0, 0.1) is 11.8 Å². The number of nitrogens with one attached hydrogen (secondary N) is 1. The molecule has 0 aromatic heterocycles. The predicted octanol–water partition coefficient (Wildman–Crippen LogP) is 1.69. The molecule has 0 amide bonds. The topological polar surface area (TPSA) is 60.8 Å². The van der Waals surface area contributed by atoms with Gasteiger partial charge in [0.2, 0.25) is 0 Å². The summed E-state index contributed by atoms with van der Waals surface area (Å²) in [6.45, 7) is 0.103. The first kappa shape index (κ1) is 10.1. The molecule has 0 saturated carbocycles. The van der Waals surface area contributed by atoms with E-state index in [1.165, 1.54) is 0 Å². The lowest BCUT2D eigenvalue weighted by Gasteiger charge is -2.19. The van der Waals surface area contributed by atoms with Gasteiger partial charge in [0, 0.05) is 18.0 Å². The Morgan fingerprint density at radius 1 is 1.46 bits per heavy atom. The zero-order valence-electron chi connectivity index (χ0n) is 6.75. The number of halogens is 3. The highest BCUT2D eigenvalue weighted by molar-refractivity contribution is 4.86. The van der Waals surface area contributed by atoms with Crippen molar-refractivity contribution in [3.05, 3.63) is 10.4 Å². The summed E-state index contributed by atoms with van der Waals surface area (Å²) < 4.78 is 36.8. The molecule has 0 aromatic rings. The zero-order chi connectivity index (χ0) is 9.90. The number of nitrogens with zero attached hydrogens (tertiary/aromatic N) is 3. The first-order chi connectivity index (χ1) is 6.05. The largest absolute Gasteiger partial charge is 0.393 e. The number of hydrogen-bond acceptors (Lipinski definition) is 2. The zero-order valence-corrected chi connectivity index (χ0v) is 6.75. The van der Waals surface area contributed by atoms with Gasteiger partial charge < -0.3 is 5.32 Å². The third kappa shape index (κ3) is 2.50. The van der Waals surface area contributed by atoms with Gasteiger partial charge >= 0.3 is 6.18 Å². The molecule has 0 bridgehead atoms. The molecular weight excluding hydrogens is 185 g/mol. The van der Waals surface area contributed by atoms with Gasteiger partial charge in [0.15, 0.2) is 0 Å².